The SMILES string of the molecule is C1=CC2C3=C(C4CC=CCC4)C(c4ccccc4)NN3C(c3ccccc3)C(C3C=CC(c4cc5cccnc5c5c4C=CCN5)=CC3)C2C=C1. The molecule has 0 bridgehead atoms. The maximum Gasteiger partial charge on any atom is 0.0939 e. The Balaban J connectivity index is 1.08. The van der Waals surface area contributed by atoms with E-state index in [0.717, 1.165) is 37.0 Å². The molecule has 252 valence electrons. The molecule has 0 amide bonds. The highest BCUT2D eigenvalue weighted by atomic mass is 15.6. The van der Waals surface area contributed by atoms with E-state index >= 15 is 0 Å². The predicted octanol–water partition coefficient (Wildman–Crippen LogP) is 10.5. The number of allylic oxidation sites excluding steroid dienone is 10. The molecule has 3 aliphatic carbocycles. The number of pyridine rings is 1. The third-order valence-electron chi connectivity index (χ3n) is 12.3. The van der Waals surface area contributed by atoms with Crippen LogP contribution in [0.5, 0.6) is 0 Å². The molecule has 0 saturated carbocycles. The minimum atomic E-state index is 0.172. The van der Waals surface area contributed by atoms with Crippen LogP contribution in [0.15, 0.2) is 157 Å². The predicted molar refractivity (Wildman–Crippen MR) is 210 cm³/mol. The number of aromatic nitrogens is 1. The van der Waals surface area contributed by atoms with Gasteiger partial charge in [0.2, 0.25) is 0 Å². The first-order valence-corrected chi connectivity index (χ1v) is 18.9. The number of hydrogen-bond donors (Lipinski definition) is 2. The van der Waals surface area contributed by atoms with Crippen molar-refractivity contribution in [3.8, 4) is 0 Å². The Morgan fingerprint density at radius 1 is 0.784 bits per heavy atom. The summed E-state index contributed by atoms with van der Waals surface area (Å²) >= 11 is 0. The third kappa shape index (κ3) is 5.19. The van der Waals surface area contributed by atoms with E-state index in [-0.39, 0.29) is 12.1 Å². The van der Waals surface area contributed by atoms with Crippen LogP contribution in [-0.2, 0) is 0 Å². The van der Waals surface area contributed by atoms with Gasteiger partial charge in [0.1, 0.15) is 0 Å². The molecule has 7 atom stereocenters. The van der Waals surface area contributed by atoms with E-state index in [1.165, 1.54) is 45.3 Å². The molecule has 0 radical (unpaired) electrons. The maximum absolute atomic E-state index is 4.75. The molecule has 10 rings (SSSR count). The zero-order valence-corrected chi connectivity index (χ0v) is 28.9. The smallest absolute Gasteiger partial charge is 0.0939 e. The van der Waals surface area contributed by atoms with Crippen LogP contribution in [-0.4, -0.2) is 16.5 Å². The molecule has 4 nitrogen and oxygen atoms in total. The second kappa shape index (κ2) is 12.9. The molecule has 4 aromatic rings. The zero-order valence-electron chi connectivity index (χ0n) is 28.9. The van der Waals surface area contributed by atoms with Crippen LogP contribution in [0.4, 0.5) is 5.69 Å². The lowest BCUT2D eigenvalue weighted by Crippen LogP contribution is -2.51. The summed E-state index contributed by atoms with van der Waals surface area (Å²) in [6.07, 6.45) is 32.8. The molecule has 2 N–H and O–H groups in total. The standard InChI is InChI=1S/C47H44N4/c1-4-14-32(15-5-1)42-43(34-16-6-2-7-17-34)50-51-46(35-18-8-3-9-19-35)41(37-21-10-11-22-39(37)47(42)51)33-26-24-31(25-27-33)40-30-36-20-12-28-48-44(36)45-38(40)23-13-29-49-45/h1-4,6-13,16-26,28,30,32-33,37,39,41,43,46,49-50H,5,14-15,27,29H2. The fraction of sp³-hybridized carbons (Fsp3) is 0.255. The molecule has 51 heavy (non-hydrogen) atoms. The fourth-order valence-corrected chi connectivity index (χ4v) is 10.0. The molecular weight excluding hydrogens is 621 g/mol. The molecule has 1 fully saturated rings. The van der Waals surface area contributed by atoms with Gasteiger partial charge in [0.25, 0.3) is 0 Å². The van der Waals surface area contributed by atoms with E-state index in [1.54, 1.807) is 5.57 Å². The average molecular weight is 665 g/mol. The van der Waals surface area contributed by atoms with Gasteiger partial charge in [0.05, 0.1) is 23.3 Å². The Kier molecular flexibility index (Phi) is 7.71. The van der Waals surface area contributed by atoms with Gasteiger partial charge >= 0.3 is 0 Å². The zero-order chi connectivity index (χ0) is 33.7. The number of hydrogen-bond acceptors (Lipinski definition) is 4. The number of nitrogens with one attached hydrogen (secondary N) is 2. The van der Waals surface area contributed by atoms with Crippen LogP contribution in [0, 0.1) is 29.6 Å². The number of nitrogens with zero attached hydrogens (tertiary/aromatic N) is 2. The number of piperidine rings is 1. The summed E-state index contributed by atoms with van der Waals surface area (Å²) in [6.45, 7) is 0.831. The van der Waals surface area contributed by atoms with E-state index in [1.807, 2.05) is 12.3 Å². The summed E-state index contributed by atoms with van der Waals surface area (Å²) in [7, 11) is 0. The summed E-state index contributed by atoms with van der Waals surface area (Å²) < 4.78 is 0. The number of anilines is 1. The van der Waals surface area contributed by atoms with Crippen molar-refractivity contribution in [1.29, 1.82) is 0 Å². The number of benzene rings is 3. The van der Waals surface area contributed by atoms with E-state index in [0.29, 0.717) is 29.6 Å². The van der Waals surface area contributed by atoms with Crippen molar-refractivity contribution in [2.75, 3.05) is 11.9 Å². The van der Waals surface area contributed by atoms with Gasteiger partial charge < -0.3 is 10.3 Å². The first kappa shape index (κ1) is 30.6. The molecule has 7 unspecified atom stereocenters. The van der Waals surface area contributed by atoms with Crippen LogP contribution in [0.1, 0.15) is 60.0 Å². The molecule has 0 spiro atoms. The fourth-order valence-electron chi connectivity index (χ4n) is 10.0. The van der Waals surface area contributed by atoms with Crippen molar-refractivity contribution in [1.82, 2.24) is 15.4 Å². The molecule has 4 heteroatoms. The highest BCUT2D eigenvalue weighted by Gasteiger charge is 2.53. The molecule has 3 aliphatic heterocycles. The molecule has 3 aromatic carbocycles. The lowest BCUT2D eigenvalue weighted by molar-refractivity contribution is 0.0267. The van der Waals surface area contributed by atoms with E-state index < -0.39 is 0 Å². The minimum Gasteiger partial charge on any atom is -0.379 e. The lowest BCUT2D eigenvalue weighted by atomic mass is 9.62. The summed E-state index contributed by atoms with van der Waals surface area (Å²) in [5.74, 6) is 2.02. The van der Waals surface area contributed by atoms with Crippen molar-refractivity contribution in [3.05, 3.63) is 179 Å². The average Bonchev–Trinajstić information content (AvgIpc) is 3.62. The normalized spacial score (nSPS) is 29.1. The first-order chi connectivity index (χ1) is 25.3. The molecular formula is C47H44N4. The number of hydrazine groups is 1. The van der Waals surface area contributed by atoms with Crippen LogP contribution in [0.3, 0.4) is 0 Å². The summed E-state index contributed by atoms with van der Waals surface area (Å²) in [4.78, 5) is 4.75. The topological polar surface area (TPSA) is 40.2 Å². The second-order valence-electron chi connectivity index (χ2n) is 15.0. The highest BCUT2D eigenvalue weighted by Crippen LogP contribution is 2.58. The first-order valence-electron chi connectivity index (χ1n) is 18.9. The maximum atomic E-state index is 4.75. The van der Waals surface area contributed by atoms with Crippen LogP contribution < -0.4 is 10.7 Å². The van der Waals surface area contributed by atoms with Crippen molar-refractivity contribution >= 4 is 28.2 Å². The van der Waals surface area contributed by atoms with Gasteiger partial charge in [-0.1, -0.05) is 134 Å². The van der Waals surface area contributed by atoms with Gasteiger partial charge in [-0.3, -0.25) is 4.98 Å². The lowest BCUT2D eigenvalue weighted by Gasteiger charge is -2.52. The summed E-state index contributed by atoms with van der Waals surface area (Å²) in [5.41, 5.74) is 16.1. The van der Waals surface area contributed by atoms with Crippen molar-refractivity contribution in [3.63, 3.8) is 0 Å². The second-order valence-corrected chi connectivity index (χ2v) is 15.0. The van der Waals surface area contributed by atoms with Gasteiger partial charge in [-0.2, -0.15) is 0 Å². The Hall–Kier alpha value is -5.19. The number of fused-ring (bicyclic) bond motifs is 6. The van der Waals surface area contributed by atoms with Gasteiger partial charge in [0.15, 0.2) is 0 Å². The largest absolute Gasteiger partial charge is 0.379 e. The Morgan fingerprint density at radius 2 is 1.63 bits per heavy atom. The van der Waals surface area contributed by atoms with E-state index in [4.69, 9.17) is 4.98 Å². The van der Waals surface area contributed by atoms with Crippen LogP contribution in [0.25, 0.3) is 22.6 Å². The Labute approximate surface area is 301 Å². The molecule has 1 aromatic heterocycles. The van der Waals surface area contributed by atoms with Gasteiger partial charge in [-0.25, -0.2) is 5.43 Å². The molecule has 6 aliphatic rings. The Morgan fingerprint density at radius 3 is 2.43 bits per heavy atom. The minimum absolute atomic E-state index is 0.172. The van der Waals surface area contributed by atoms with Gasteiger partial charge in [0, 0.05) is 35.3 Å². The quantitative estimate of drug-likeness (QED) is 0.208. The number of rotatable bonds is 5. The molecule has 1 saturated heterocycles. The van der Waals surface area contributed by atoms with Gasteiger partial charge in [-0.05, 0) is 89.3 Å². The Bertz CT molecular complexity index is 2190. The summed E-state index contributed by atoms with van der Waals surface area (Å²) in [5, 5.41) is 7.47. The van der Waals surface area contributed by atoms with E-state index in [2.05, 4.69) is 155 Å². The van der Waals surface area contributed by atoms with Gasteiger partial charge in [-0.15, -0.1) is 0 Å². The van der Waals surface area contributed by atoms with Crippen molar-refractivity contribution in [2.24, 2.45) is 29.6 Å². The summed E-state index contributed by atoms with van der Waals surface area (Å²) in [6, 6.07) is 29.5. The highest BCUT2D eigenvalue weighted by molar-refractivity contribution is 6.01. The monoisotopic (exact) mass is 664 g/mol. The third-order valence-corrected chi connectivity index (χ3v) is 12.3. The van der Waals surface area contributed by atoms with Crippen molar-refractivity contribution in [2.45, 2.75) is 37.8 Å². The molecule has 4 heterocycles. The van der Waals surface area contributed by atoms with Crippen molar-refractivity contribution < 1.29 is 0 Å². The van der Waals surface area contributed by atoms with Crippen LogP contribution in [0.2, 0.25) is 0 Å². The van der Waals surface area contributed by atoms with Crippen LogP contribution >= 0.6 is 0 Å². The van der Waals surface area contributed by atoms with E-state index in [9.17, 15) is 0 Å².